The molecular formula is C19H34N2O5Si. The molecule has 0 spiro atoms. The van der Waals surface area contributed by atoms with Crippen molar-refractivity contribution in [3.8, 4) is 0 Å². The van der Waals surface area contributed by atoms with Crippen LogP contribution in [0.1, 0.15) is 48.5 Å². The number of cyclic esters (lactones) is 1. The Labute approximate surface area is 163 Å². The fourth-order valence-corrected chi connectivity index (χ4v) is 4.86. The van der Waals surface area contributed by atoms with Gasteiger partial charge in [-0.2, -0.15) is 0 Å². The first kappa shape index (κ1) is 21.9. The Kier molecular flexibility index (Phi) is 5.58. The monoisotopic (exact) mass is 398 g/mol. The zero-order valence-corrected chi connectivity index (χ0v) is 19.0. The number of carbonyl (C=O) groups is 3. The molecule has 154 valence electrons. The van der Waals surface area contributed by atoms with Gasteiger partial charge in [-0.3, -0.25) is 9.59 Å². The fraction of sp³-hybridized carbons (Fsp3) is 0.842. The zero-order valence-electron chi connectivity index (χ0n) is 18.0. The molecule has 1 N–H and O–H groups in total. The highest BCUT2D eigenvalue weighted by atomic mass is 28.4. The summed E-state index contributed by atoms with van der Waals surface area (Å²) in [7, 11) is -2.04. The first-order valence-corrected chi connectivity index (χ1v) is 12.5. The van der Waals surface area contributed by atoms with Crippen molar-refractivity contribution in [2.24, 2.45) is 11.8 Å². The minimum atomic E-state index is -2.04. The maximum Gasteiger partial charge on any atom is 0.417 e. The number of imide groups is 1. The van der Waals surface area contributed by atoms with Crippen LogP contribution in [0.3, 0.4) is 0 Å². The third-order valence-electron chi connectivity index (χ3n) is 6.28. The molecule has 7 nitrogen and oxygen atoms in total. The largest absolute Gasteiger partial charge is 0.447 e. The number of carbonyl (C=O) groups excluding carboxylic acids is 3. The summed E-state index contributed by atoms with van der Waals surface area (Å²) in [6.45, 7) is 18.2. The highest BCUT2D eigenvalue weighted by molar-refractivity contribution is 6.74. The summed E-state index contributed by atoms with van der Waals surface area (Å²) in [6, 6.07) is -0.353. The molecule has 2 heterocycles. The van der Waals surface area contributed by atoms with E-state index >= 15 is 0 Å². The maximum atomic E-state index is 13.0. The molecule has 0 aromatic rings. The van der Waals surface area contributed by atoms with E-state index in [9.17, 15) is 14.4 Å². The Balaban J connectivity index is 2.13. The molecule has 0 aromatic heterocycles. The van der Waals surface area contributed by atoms with Crippen LogP contribution in [0.15, 0.2) is 0 Å². The van der Waals surface area contributed by atoms with E-state index in [0.29, 0.717) is 0 Å². The Morgan fingerprint density at radius 3 is 2.26 bits per heavy atom. The molecule has 0 aromatic carbocycles. The second-order valence-electron chi connectivity index (χ2n) is 9.97. The smallest absolute Gasteiger partial charge is 0.417 e. The average Bonchev–Trinajstić information content (AvgIpc) is 2.74. The van der Waals surface area contributed by atoms with Crippen LogP contribution >= 0.6 is 0 Å². The second-order valence-corrected chi connectivity index (χ2v) is 14.7. The van der Waals surface area contributed by atoms with E-state index in [4.69, 9.17) is 9.16 Å². The Morgan fingerprint density at radius 2 is 1.85 bits per heavy atom. The van der Waals surface area contributed by atoms with E-state index in [1.807, 2.05) is 6.92 Å². The molecule has 2 rings (SSSR count). The molecule has 0 saturated carbocycles. The number of hydrogen-bond acceptors (Lipinski definition) is 5. The van der Waals surface area contributed by atoms with Gasteiger partial charge in [0, 0.05) is 0 Å². The Hall–Kier alpha value is -1.41. The van der Waals surface area contributed by atoms with Gasteiger partial charge in [0.05, 0.1) is 29.5 Å². The van der Waals surface area contributed by atoms with Gasteiger partial charge >= 0.3 is 6.09 Å². The van der Waals surface area contributed by atoms with Crippen LogP contribution in [0.5, 0.6) is 0 Å². The van der Waals surface area contributed by atoms with E-state index < -0.39 is 31.8 Å². The van der Waals surface area contributed by atoms with Gasteiger partial charge in [-0.05, 0) is 38.9 Å². The topological polar surface area (TPSA) is 84.9 Å². The molecule has 2 aliphatic heterocycles. The van der Waals surface area contributed by atoms with Crippen LogP contribution in [0.4, 0.5) is 4.79 Å². The van der Waals surface area contributed by atoms with Crippen LogP contribution in [-0.4, -0.2) is 55.4 Å². The van der Waals surface area contributed by atoms with Crippen LogP contribution in [0, 0.1) is 11.8 Å². The quantitative estimate of drug-likeness (QED) is 0.568. The summed E-state index contributed by atoms with van der Waals surface area (Å²) in [5.41, 5.74) is -0.686. The minimum absolute atomic E-state index is 0.0295. The minimum Gasteiger partial charge on any atom is -0.447 e. The summed E-state index contributed by atoms with van der Waals surface area (Å²) >= 11 is 0. The molecule has 0 bridgehead atoms. The molecule has 27 heavy (non-hydrogen) atoms. The molecule has 2 saturated heterocycles. The molecule has 8 heteroatoms. The Morgan fingerprint density at radius 1 is 1.30 bits per heavy atom. The lowest BCUT2D eigenvalue weighted by atomic mass is 9.78. The normalized spacial score (nSPS) is 27.5. The number of rotatable bonds is 5. The van der Waals surface area contributed by atoms with Gasteiger partial charge in [0.15, 0.2) is 8.32 Å². The van der Waals surface area contributed by atoms with Crippen molar-refractivity contribution >= 4 is 26.2 Å². The number of amides is 3. The van der Waals surface area contributed by atoms with E-state index in [1.54, 1.807) is 20.8 Å². The molecule has 4 atom stereocenters. The van der Waals surface area contributed by atoms with Gasteiger partial charge in [-0.1, -0.05) is 27.7 Å². The lowest BCUT2D eigenvalue weighted by Crippen LogP contribution is -2.68. The van der Waals surface area contributed by atoms with Gasteiger partial charge in [-0.25, -0.2) is 9.69 Å². The highest BCUT2D eigenvalue weighted by Gasteiger charge is 2.53. The standard InChI is InChI=1S/C19H34N2O5Si/c1-11(16(23)21-17(24)25-10-19(21,6)7)14-13(15(22)20-14)12(2)26-27(8,9)18(3,4)5/h11-14H,10H2,1-9H3,(H,20,22)/t11-,12+,13+,14+/m0/s1. The Bertz CT molecular complexity index is 641. The van der Waals surface area contributed by atoms with Crippen LogP contribution < -0.4 is 5.32 Å². The van der Waals surface area contributed by atoms with Crippen LogP contribution in [0.25, 0.3) is 0 Å². The first-order chi connectivity index (χ1) is 12.1. The fourth-order valence-electron chi connectivity index (χ4n) is 3.43. The van der Waals surface area contributed by atoms with E-state index in [0.717, 1.165) is 0 Å². The number of ether oxygens (including phenoxy) is 1. The lowest BCUT2D eigenvalue weighted by Gasteiger charge is -2.47. The first-order valence-electron chi connectivity index (χ1n) is 9.59. The predicted molar refractivity (Wildman–Crippen MR) is 105 cm³/mol. The average molecular weight is 399 g/mol. The van der Waals surface area contributed by atoms with Gasteiger partial charge in [-0.15, -0.1) is 0 Å². The number of β-lactam (4-membered cyclic amide) rings is 1. The van der Waals surface area contributed by atoms with Crippen molar-refractivity contribution in [2.45, 2.75) is 84.3 Å². The number of nitrogens with zero attached hydrogens (tertiary/aromatic N) is 1. The summed E-state index contributed by atoms with van der Waals surface area (Å²) < 4.78 is 11.4. The summed E-state index contributed by atoms with van der Waals surface area (Å²) in [6.07, 6.45) is -0.914. The summed E-state index contributed by atoms with van der Waals surface area (Å²) in [5, 5.41) is 2.87. The lowest BCUT2D eigenvalue weighted by molar-refractivity contribution is -0.147. The molecule has 2 aliphatic rings. The van der Waals surface area contributed by atoms with Crippen molar-refractivity contribution in [1.82, 2.24) is 10.2 Å². The summed E-state index contributed by atoms with van der Waals surface area (Å²) in [4.78, 5) is 38.4. The van der Waals surface area contributed by atoms with Crippen molar-refractivity contribution in [2.75, 3.05) is 6.61 Å². The van der Waals surface area contributed by atoms with E-state index in [2.05, 4.69) is 39.2 Å². The van der Waals surface area contributed by atoms with Gasteiger partial charge < -0.3 is 14.5 Å². The molecular weight excluding hydrogens is 364 g/mol. The van der Waals surface area contributed by atoms with Gasteiger partial charge in [0.25, 0.3) is 0 Å². The van der Waals surface area contributed by atoms with Crippen molar-refractivity contribution in [1.29, 1.82) is 0 Å². The van der Waals surface area contributed by atoms with E-state index in [1.165, 1.54) is 4.90 Å². The van der Waals surface area contributed by atoms with Crippen LogP contribution in [0.2, 0.25) is 18.1 Å². The second kappa shape index (κ2) is 6.88. The van der Waals surface area contributed by atoms with E-state index in [-0.39, 0.29) is 35.6 Å². The predicted octanol–water partition coefficient (Wildman–Crippen LogP) is 2.90. The zero-order chi connectivity index (χ0) is 20.9. The molecule has 0 radical (unpaired) electrons. The highest BCUT2D eigenvalue weighted by Crippen LogP contribution is 2.40. The SMILES string of the molecule is C[C@H](C(=O)N1C(=O)OCC1(C)C)[C@H]1NC(=O)[C@@H]1[C@@H](C)O[Si](C)(C)C(C)(C)C. The molecule has 2 fully saturated rings. The van der Waals surface area contributed by atoms with Crippen molar-refractivity contribution < 1.29 is 23.5 Å². The molecule has 3 amide bonds. The number of hydrogen-bond donors (Lipinski definition) is 1. The van der Waals surface area contributed by atoms with Crippen LogP contribution in [-0.2, 0) is 18.8 Å². The van der Waals surface area contributed by atoms with Gasteiger partial charge in [0.1, 0.15) is 6.61 Å². The molecule has 0 unspecified atom stereocenters. The third-order valence-corrected chi connectivity index (χ3v) is 10.8. The number of nitrogens with one attached hydrogen (secondary N) is 1. The van der Waals surface area contributed by atoms with Crippen molar-refractivity contribution in [3.05, 3.63) is 0 Å². The summed E-state index contributed by atoms with van der Waals surface area (Å²) in [5.74, 6) is -1.37. The van der Waals surface area contributed by atoms with Crippen molar-refractivity contribution in [3.63, 3.8) is 0 Å². The molecule has 0 aliphatic carbocycles. The van der Waals surface area contributed by atoms with Gasteiger partial charge in [0.2, 0.25) is 11.8 Å². The third kappa shape index (κ3) is 3.92. The maximum absolute atomic E-state index is 13.0.